The normalized spacial score (nSPS) is 22.1. The van der Waals surface area contributed by atoms with E-state index in [1.54, 1.807) is 7.11 Å². The maximum Gasteiger partial charge on any atom is 0.250 e. The Morgan fingerprint density at radius 3 is 2.49 bits per heavy atom. The minimum atomic E-state index is -0.613. The molecule has 1 saturated carbocycles. The van der Waals surface area contributed by atoms with E-state index in [4.69, 9.17) is 9.47 Å². The van der Waals surface area contributed by atoms with Gasteiger partial charge in [-0.15, -0.1) is 0 Å². The number of carbonyl (C=O) groups is 2. The summed E-state index contributed by atoms with van der Waals surface area (Å²) in [4.78, 5) is 31.3. The number of methoxy groups -OCH3 is 1. The highest BCUT2D eigenvalue weighted by molar-refractivity contribution is 5.96. The molecule has 1 aliphatic heterocycles. The van der Waals surface area contributed by atoms with Crippen LogP contribution in [0.3, 0.4) is 0 Å². The Morgan fingerprint density at radius 1 is 1.00 bits per heavy atom. The van der Waals surface area contributed by atoms with Gasteiger partial charge in [-0.1, -0.05) is 50.3 Å². The Kier molecular flexibility index (Phi) is 9.11. The molecule has 6 heteroatoms. The van der Waals surface area contributed by atoms with Crippen LogP contribution in [0.25, 0.3) is 0 Å². The van der Waals surface area contributed by atoms with Crippen molar-refractivity contribution in [2.45, 2.75) is 96.1 Å². The van der Waals surface area contributed by atoms with Crippen LogP contribution in [0.15, 0.2) is 29.8 Å². The van der Waals surface area contributed by atoms with Crippen LogP contribution in [-0.4, -0.2) is 54.5 Å². The lowest BCUT2D eigenvalue weighted by atomic mass is 9.94. The maximum absolute atomic E-state index is 14.0. The summed E-state index contributed by atoms with van der Waals surface area (Å²) in [5, 5.41) is 0. The van der Waals surface area contributed by atoms with E-state index in [-0.39, 0.29) is 24.4 Å². The first kappa shape index (κ1) is 25.6. The fourth-order valence-electron chi connectivity index (χ4n) is 5.78. The highest BCUT2D eigenvalue weighted by Crippen LogP contribution is 2.37. The molecule has 1 heterocycles. The van der Waals surface area contributed by atoms with E-state index in [9.17, 15) is 9.59 Å². The van der Waals surface area contributed by atoms with Crippen molar-refractivity contribution >= 4 is 11.8 Å². The largest absolute Gasteiger partial charge is 0.493 e. The van der Waals surface area contributed by atoms with Crippen molar-refractivity contribution in [2.24, 2.45) is 0 Å². The average Bonchev–Trinajstić information content (AvgIpc) is 3.18. The van der Waals surface area contributed by atoms with Crippen molar-refractivity contribution < 1.29 is 19.1 Å². The third-order valence-corrected chi connectivity index (χ3v) is 7.74. The van der Waals surface area contributed by atoms with Crippen LogP contribution < -0.4 is 9.47 Å². The number of ether oxygens (including phenoxy) is 2. The van der Waals surface area contributed by atoms with Crippen LogP contribution in [-0.2, 0) is 9.59 Å². The van der Waals surface area contributed by atoms with Crippen molar-refractivity contribution in [1.29, 1.82) is 0 Å². The molecule has 2 aliphatic carbocycles. The van der Waals surface area contributed by atoms with E-state index in [0.717, 1.165) is 56.9 Å². The van der Waals surface area contributed by atoms with Crippen LogP contribution in [0.2, 0.25) is 0 Å². The number of rotatable bonds is 9. The van der Waals surface area contributed by atoms with Gasteiger partial charge < -0.3 is 19.3 Å². The second-order valence-corrected chi connectivity index (χ2v) is 10.2. The zero-order valence-corrected chi connectivity index (χ0v) is 21.6. The van der Waals surface area contributed by atoms with Gasteiger partial charge in [0, 0.05) is 12.6 Å². The quantitative estimate of drug-likeness (QED) is 0.329. The molecule has 1 aromatic rings. The van der Waals surface area contributed by atoms with Crippen LogP contribution in [0.5, 0.6) is 11.5 Å². The zero-order valence-electron chi connectivity index (χ0n) is 21.6. The van der Waals surface area contributed by atoms with E-state index in [2.05, 4.69) is 13.0 Å². The van der Waals surface area contributed by atoms with Crippen molar-refractivity contribution in [3.8, 4) is 11.5 Å². The summed E-state index contributed by atoms with van der Waals surface area (Å²) in [5.74, 6) is 1.39. The molecule has 0 radical (unpaired) electrons. The molecule has 2 fully saturated rings. The lowest BCUT2D eigenvalue weighted by molar-refractivity contribution is -0.158. The predicted molar refractivity (Wildman–Crippen MR) is 138 cm³/mol. The molecule has 0 N–H and O–H groups in total. The van der Waals surface area contributed by atoms with Gasteiger partial charge in [0.2, 0.25) is 5.91 Å². The number of amides is 2. The highest BCUT2D eigenvalue weighted by Gasteiger charge is 2.42. The van der Waals surface area contributed by atoms with Crippen LogP contribution in [0, 0.1) is 0 Å². The topological polar surface area (TPSA) is 59.1 Å². The van der Waals surface area contributed by atoms with Crippen molar-refractivity contribution in [3.05, 3.63) is 35.4 Å². The lowest BCUT2D eigenvalue weighted by Gasteiger charge is -2.44. The van der Waals surface area contributed by atoms with Crippen molar-refractivity contribution in [1.82, 2.24) is 9.80 Å². The van der Waals surface area contributed by atoms with E-state index < -0.39 is 6.04 Å². The third kappa shape index (κ3) is 6.20. The smallest absolute Gasteiger partial charge is 0.250 e. The number of benzene rings is 1. The SMILES string of the molecule is CCCOc1ccc(C2C(=O)N(C3CCCCCC3)CC(=O)N2CCC2=CCCCC2)cc1OC. The Hall–Kier alpha value is -2.50. The summed E-state index contributed by atoms with van der Waals surface area (Å²) in [6, 6.07) is 5.26. The summed E-state index contributed by atoms with van der Waals surface area (Å²) < 4.78 is 11.5. The number of carbonyl (C=O) groups excluding carboxylic acids is 2. The first-order valence-corrected chi connectivity index (χ1v) is 13.7. The molecule has 1 saturated heterocycles. The Morgan fingerprint density at radius 2 is 1.80 bits per heavy atom. The molecule has 0 aromatic heterocycles. The number of nitrogens with zero attached hydrogens (tertiary/aromatic N) is 2. The van der Waals surface area contributed by atoms with E-state index in [0.29, 0.717) is 24.7 Å². The summed E-state index contributed by atoms with van der Waals surface area (Å²) in [6.07, 6.45) is 15.4. The number of allylic oxidation sites excluding steroid dienone is 1. The maximum atomic E-state index is 14.0. The van der Waals surface area contributed by atoms with E-state index >= 15 is 0 Å². The number of piperazine rings is 1. The van der Waals surface area contributed by atoms with Crippen molar-refractivity contribution in [3.63, 3.8) is 0 Å². The van der Waals surface area contributed by atoms with Gasteiger partial charge in [0.15, 0.2) is 11.5 Å². The average molecular weight is 483 g/mol. The van der Waals surface area contributed by atoms with E-state index in [1.807, 2.05) is 28.0 Å². The summed E-state index contributed by atoms with van der Waals surface area (Å²) in [6.45, 7) is 3.45. The lowest BCUT2D eigenvalue weighted by Crippen LogP contribution is -2.58. The van der Waals surface area contributed by atoms with Gasteiger partial charge in [-0.05, 0) is 69.1 Å². The van der Waals surface area contributed by atoms with Gasteiger partial charge in [0.05, 0.1) is 13.7 Å². The number of hydrogen-bond acceptors (Lipinski definition) is 4. The second-order valence-electron chi connectivity index (χ2n) is 10.2. The van der Waals surface area contributed by atoms with E-state index in [1.165, 1.54) is 31.3 Å². The Bertz CT molecular complexity index is 904. The van der Waals surface area contributed by atoms with Gasteiger partial charge in [0.1, 0.15) is 12.6 Å². The van der Waals surface area contributed by atoms with Crippen LogP contribution in [0.1, 0.15) is 95.6 Å². The zero-order chi connectivity index (χ0) is 24.6. The molecular formula is C29H42N2O4. The van der Waals surface area contributed by atoms with Gasteiger partial charge in [0.25, 0.3) is 5.91 Å². The molecule has 1 atom stereocenters. The molecule has 4 rings (SSSR count). The Balaban J connectivity index is 1.63. The minimum absolute atomic E-state index is 0.0541. The first-order valence-electron chi connectivity index (χ1n) is 13.7. The minimum Gasteiger partial charge on any atom is -0.493 e. The van der Waals surface area contributed by atoms with Gasteiger partial charge in [-0.2, -0.15) is 0 Å². The fourth-order valence-corrected chi connectivity index (χ4v) is 5.78. The molecule has 1 aromatic carbocycles. The highest BCUT2D eigenvalue weighted by atomic mass is 16.5. The van der Waals surface area contributed by atoms with Crippen molar-refractivity contribution in [2.75, 3.05) is 26.8 Å². The molecule has 0 spiro atoms. The molecule has 192 valence electrons. The fraction of sp³-hybridized carbons (Fsp3) is 0.655. The molecule has 3 aliphatic rings. The second kappa shape index (κ2) is 12.5. The van der Waals surface area contributed by atoms with Gasteiger partial charge in [-0.25, -0.2) is 0 Å². The molecule has 1 unspecified atom stereocenters. The summed E-state index contributed by atoms with van der Waals surface area (Å²) >= 11 is 0. The third-order valence-electron chi connectivity index (χ3n) is 7.74. The summed E-state index contributed by atoms with van der Waals surface area (Å²) in [5.41, 5.74) is 2.22. The van der Waals surface area contributed by atoms with Crippen LogP contribution in [0.4, 0.5) is 0 Å². The molecule has 2 amide bonds. The molecule has 0 bridgehead atoms. The standard InChI is InChI=1S/C29H42N2O4/c1-3-19-35-25-16-15-23(20-26(25)34-2)28-29(33)31(24-13-9-4-5-10-14-24)21-27(32)30(28)18-17-22-11-7-6-8-12-22/h11,15-16,20,24,28H,3-10,12-14,17-19,21H2,1-2H3. The molecular weight excluding hydrogens is 440 g/mol. The first-order chi connectivity index (χ1) is 17.1. The molecule has 35 heavy (non-hydrogen) atoms. The summed E-state index contributed by atoms with van der Waals surface area (Å²) in [7, 11) is 1.62. The number of hydrogen-bond donors (Lipinski definition) is 0. The van der Waals surface area contributed by atoms with Gasteiger partial charge in [-0.3, -0.25) is 9.59 Å². The van der Waals surface area contributed by atoms with Crippen LogP contribution >= 0.6 is 0 Å². The Labute approximate surface area is 210 Å². The molecule has 6 nitrogen and oxygen atoms in total. The van der Waals surface area contributed by atoms with Gasteiger partial charge >= 0.3 is 0 Å². The predicted octanol–water partition coefficient (Wildman–Crippen LogP) is 5.81. The monoisotopic (exact) mass is 482 g/mol.